The van der Waals surface area contributed by atoms with Crippen LogP contribution >= 0.6 is 11.6 Å². The first-order valence-electron chi connectivity index (χ1n) is 8.49. The maximum atomic E-state index is 12.7. The Hall–Kier alpha value is -2.51. The molecule has 6 nitrogen and oxygen atoms in total. The Morgan fingerprint density at radius 1 is 1.20 bits per heavy atom. The number of hydrogen-bond acceptors (Lipinski definition) is 6. The summed E-state index contributed by atoms with van der Waals surface area (Å²) in [6.45, 7) is 0. The summed E-state index contributed by atoms with van der Waals surface area (Å²) in [5.74, 6) is -2.95. The quantitative estimate of drug-likeness (QED) is 0.798. The van der Waals surface area contributed by atoms with Gasteiger partial charge in [-0.15, -0.1) is 0 Å². The first-order valence-corrected chi connectivity index (χ1v) is 8.77. The molecule has 8 heteroatoms. The first kappa shape index (κ1) is 13.7. The van der Waals surface area contributed by atoms with Crippen LogP contribution in [0.25, 0.3) is 0 Å². The molecule has 0 saturated carbocycles. The lowest BCUT2D eigenvalue weighted by molar-refractivity contribution is -0.123. The summed E-state index contributed by atoms with van der Waals surface area (Å²) in [7, 11) is -5.03. The van der Waals surface area contributed by atoms with Gasteiger partial charge in [0, 0.05) is 10.6 Å². The third-order valence-corrected chi connectivity index (χ3v) is 4.38. The van der Waals surface area contributed by atoms with Gasteiger partial charge in [0.05, 0.1) is 4.11 Å². The van der Waals surface area contributed by atoms with Gasteiger partial charge in [0.1, 0.15) is 5.70 Å². The molecular weight excluding hydrogens is 366 g/mol. The Balaban J connectivity index is 1.96. The Morgan fingerprint density at radius 2 is 1.84 bits per heavy atom. The molecule has 1 heterocycles. The molecule has 0 unspecified atom stereocenters. The predicted octanol–water partition coefficient (Wildman–Crippen LogP) is 2.65. The van der Waals surface area contributed by atoms with E-state index in [1.165, 1.54) is 42.5 Å². The van der Waals surface area contributed by atoms with Crippen molar-refractivity contribution in [3.05, 3.63) is 82.4 Å². The van der Waals surface area contributed by atoms with Crippen LogP contribution < -0.4 is 5.73 Å². The number of benzene rings is 2. The van der Waals surface area contributed by atoms with Crippen molar-refractivity contribution in [1.82, 2.24) is 0 Å². The molecule has 0 spiro atoms. The molecule has 0 fully saturated rings. The SMILES string of the molecule is [2H]C([2H])(c1ccccc1)S(=O)(=O)OC1=C(N)O[C@]([2H])(c2ccccc2Cl)C1=O. The first-order chi connectivity index (χ1) is 13.0. The van der Waals surface area contributed by atoms with Crippen LogP contribution in [-0.4, -0.2) is 14.2 Å². The number of halogens is 1. The van der Waals surface area contributed by atoms with E-state index >= 15 is 0 Å². The fourth-order valence-electron chi connectivity index (χ4n) is 2.10. The van der Waals surface area contributed by atoms with Crippen molar-refractivity contribution in [3.8, 4) is 0 Å². The second-order valence-corrected chi connectivity index (χ2v) is 6.63. The second kappa shape index (κ2) is 6.78. The van der Waals surface area contributed by atoms with E-state index in [0.717, 1.165) is 0 Å². The van der Waals surface area contributed by atoms with Crippen molar-refractivity contribution >= 4 is 27.5 Å². The van der Waals surface area contributed by atoms with E-state index in [4.69, 9.17) is 30.4 Å². The van der Waals surface area contributed by atoms with Crippen LogP contribution in [0.4, 0.5) is 0 Å². The largest absolute Gasteiger partial charge is 0.460 e. The fourth-order valence-corrected chi connectivity index (χ4v) is 3.17. The smallest absolute Gasteiger partial charge is 0.313 e. The van der Waals surface area contributed by atoms with Crippen molar-refractivity contribution in [1.29, 1.82) is 0 Å². The van der Waals surface area contributed by atoms with Gasteiger partial charge in [0.15, 0.2) is 6.08 Å². The molecule has 0 amide bonds. The summed E-state index contributed by atoms with van der Waals surface area (Å²) >= 11 is 6.01. The number of rotatable bonds is 5. The average molecular weight is 383 g/mol. The summed E-state index contributed by atoms with van der Waals surface area (Å²) in [5.41, 5.74) is 2.33. The highest BCUT2D eigenvalue weighted by atomic mass is 35.5. The number of ketones is 1. The Labute approximate surface area is 154 Å². The zero-order valence-electron chi connectivity index (χ0n) is 15.6. The van der Waals surface area contributed by atoms with Crippen molar-refractivity contribution < 1.29 is 26.2 Å². The highest BCUT2D eigenvalue weighted by molar-refractivity contribution is 7.86. The number of nitrogens with two attached hydrogens (primary N) is 1. The van der Waals surface area contributed by atoms with E-state index in [2.05, 4.69) is 0 Å². The molecule has 130 valence electrons. The summed E-state index contributed by atoms with van der Waals surface area (Å²) < 4.78 is 59.0. The minimum absolute atomic E-state index is 0.0300. The van der Waals surface area contributed by atoms with E-state index in [0.29, 0.717) is 0 Å². The minimum atomic E-state index is -5.03. The molecule has 1 aliphatic rings. The normalized spacial score (nSPS) is 22.8. The molecule has 1 aliphatic heterocycles. The Bertz CT molecular complexity index is 1080. The van der Waals surface area contributed by atoms with Crippen molar-refractivity contribution in [2.75, 3.05) is 0 Å². The molecule has 0 radical (unpaired) electrons. The van der Waals surface area contributed by atoms with Crippen LogP contribution in [0, 0.1) is 0 Å². The lowest BCUT2D eigenvalue weighted by Crippen LogP contribution is -2.16. The lowest BCUT2D eigenvalue weighted by atomic mass is 10.1. The fraction of sp³-hybridized carbons (Fsp3) is 0.118. The van der Waals surface area contributed by atoms with Gasteiger partial charge in [-0.05, 0) is 11.6 Å². The highest BCUT2D eigenvalue weighted by Crippen LogP contribution is 2.35. The average Bonchev–Trinajstić information content (AvgIpc) is 2.86. The van der Waals surface area contributed by atoms with Crippen LogP contribution in [0.1, 0.15) is 21.3 Å². The third kappa shape index (κ3) is 3.78. The zero-order valence-corrected chi connectivity index (χ0v) is 14.2. The van der Waals surface area contributed by atoms with Gasteiger partial charge in [0.2, 0.25) is 17.4 Å². The van der Waals surface area contributed by atoms with Crippen LogP contribution in [0.15, 0.2) is 66.2 Å². The number of carbonyl (C=O) groups excluding carboxylic acids is 1. The lowest BCUT2D eigenvalue weighted by Gasteiger charge is -2.11. The van der Waals surface area contributed by atoms with Crippen LogP contribution in [0.2, 0.25) is 5.02 Å². The second-order valence-electron chi connectivity index (χ2n) is 4.94. The molecule has 0 saturated heterocycles. The van der Waals surface area contributed by atoms with Crippen LogP contribution in [0.5, 0.6) is 0 Å². The van der Waals surface area contributed by atoms with Crippen molar-refractivity contribution in [3.63, 3.8) is 0 Å². The van der Waals surface area contributed by atoms with Crippen LogP contribution in [-0.2, 0) is 29.5 Å². The topological polar surface area (TPSA) is 95.7 Å². The molecule has 2 aromatic carbocycles. The van der Waals surface area contributed by atoms with E-state index in [9.17, 15) is 13.2 Å². The zero-order chi connectivity index (χ0) is 20.7. The number of ether oxygens (including phenoxy) is 1. The van der Waals surface area contributed by atoms with E-state index in [1.54, 1.807) is 12.1 Å². The maximum absolute atomic E-state index is 12.7. The van der Waals surface area contributed by atoms with Gasteiger partial charge in [-0.2, -0.15) is 8.42 Å². The predicted molar refractivity (Wildman–Crippen MR) is 91.6 cm³/mol. The van der Waals surface area contributed by atoms with Gasteiger partial charge in [-0.25, -0.2) is 0 Å². The van der Waals surface area contributed by atoms with E-state index < -0.39 is 39.3 Å². The summed E-state index contributed by atoms with van der Waals surface area (Å²) in [6.07, 6.45) is -2.45. The van der Waals surface area contributed by atoms with Gasteiger partial charge < -0.3 is 14.7 Å². The Morgan fingerprint density at radius 3 is 2.52 bits per heavy atom. The molecule has 1 atom stereocenters. The van der Waals surface area contributed by atoms with Gasteiger partial charge in [0.25, 0.3) is 0 Å². The van der Waals surface area contributed by atoms with Gasteiger partial charge in [-0.1, -0.05) is 60.1 Å². The summed E-state index contributed by atoms with van der Waals surface area (Å²) in [5, 5.41) is 0.0300. The van der Waals surface area contributed by atoms with Crippen molar-refractivity contribution in [2.45, 2.75) is 11.8 Å². The molecular formula is C17H14ClNO5S. The minimum Gasteiger partial charge on any atom is -0.460 e. The molecule has 0 aromatic heterocycles. The Kier molecular flexibility index (Phi) is 3.73. The highest BCUT2D eigenvalue weighted by Gasteiger charge is 2.40. The number of hydrogen-bond donors (Lipinski definition) is 1. The molecule has 0 bridgehead atoms. The number of carbonyl (C=O) groups is 1. The molecule has 2 aromatic rings. The maximum Gasteiger partial charge on any atom is 0.313 e. The third-order valence-electron chi connectivity index (χ3n) is 3.18. The molecule has 25 heavy (non-hydrogen) atoms. The van der Waals surface area contributed by atoms with Gasteiger partial charge in [-0.3, -0.25) is 4.79 Å². The summed E-state index contributed by atoms with van der Waals surface area (Å²) in [4.78, 5) is 12.7. The molecule has 0 aliphatic carbocycles. The van der Waals surface area contributed by atoms with E-state index in [1.807, 2.05) is 0 Å². The monoisotopic (exact) mass is 382 g/mol. The van der Waals surface area contributed by atoms with Gasteiger partial charge >= 0.3 is 10.1 Å². The molecule has 3 rings (SSSR count). The van der Waals surface area contributed by atoms with E-state index in [-0.39, 0.29) is 16.1 Å². The summed E-state index contributed by atoms with van der Waals surface area (Å²) in [6, 6.07) is 12.8. The number of Topliss-reactive ketones (excluding diaryl/α,β-unsaturated/α-hetero) is 1. The van der Waals surface area contributed by atoms with Crippen molar-refractivity contribution in [2.24, 2.45) is 5.73 Å². The molecule has 2 N–H and O–H groups in total. The van der Waals surface area contributed by atoms with Crippen LogP contribution in [0.3, 0.4) is 0 Å². The standard InChI is InChI=1S/C17H14ClNO5S/c18-13-9-5-4-8-12(13)15-14(20)16(17(19)23-15)24-25(21,22)10-11-6-2-1-3-7-11/h1-9,15H,10,19H2/t15-/m1/s1/i10D2,15D.